The van der Waals surface area contributed by atoms with Gasteiger partial charge in [-0.2, -0.15) is 0 Å². The first-order valence-corrected chi connectivity index (χ1v) is 20.5. The Hall–Kier alpha value is -4.50. The van der Waals surface area contributed by atoms with Gasteiger partial charge in [0.2, 0.25) is 11.8 Å². The molecule has 2 saturated heterocycles. The minimum absolute atomic E-state index is 0. The van der Waals surface area contributed by atoms with Crippen molar-refractivity contribution in [3.63, 3.8) is 0 Å². The van der Waals surface area contributed by atoms with Crippen molar-refractivity contribution in [1.29, 1.82) is 0 Å². The average molecular weight is 927 g/mol. The molecule has 0 spiro atoms. The van der Waals surface area contributed by atoms with Gasteiger partial charge in [0.1, 0.15) is 0 Å². The summed E-state index contributed by atoms with van der Waals surface area (Å²) in [5.74, 6) is -1.73. The number of carboxylic acids is 1. The molecule has 0 radical (unpaired) electrons. The topological polar surface area (TPSA) is 250 Å². The fourth-order valence-electron chi connectivity index (χ4n) is 7.88. The van der Waals surface area contributed by atoms with E-state index in [0.717, 1.165) is 11.1 Å². The summed E-state index contributed by atoms with van der Waals surface area (Å²) in [6, 6.07) is 17.9. The zero-order valence-corrected chi connectivity index (χ0v) is 36.9. The Kier molecular flexibility index (Phi) is 17.2. The number of nitrogen functional groups attached to an aromatic ring is 2. The van der Waals surface area contributed by atoms with Crippen LogP contribution < -0.4 is 40.1 Å². The fraction of sp³-hybridized carbons (Fsp3) is 0.366. The molecular weight excluding hydrogens is 881 g/mol. The largest absolute Gasteiger partial charge is 1.00 e. The number of halogens is 4. The summed E-state index contributed by atoms with van der Waals surface area (Å²) in [6.07, 6.45) is 4.06. The van der Waals surface area contributed by atoms with Crippen molar-refractivity contribution < 1.29 is 58.8 Å². The first kappa shape index (κ1) is 50.1. The van der Waals surface area contributed by atoms with E-state index in [9.17, 15) is 19.2 Å². The number of benzene rings is 2. The van der Waals surface area contributed by atoms with Crippen LogP contribution in [0, 0.1) is 23.7 Å². The predicted molar refractivity (Wildman–Crippen MR) is 232 cm³/mol. The molecule has 4 heterocycles. The molecule has 8 rings (SSSR count). The predicted octanol–water partition coefficient (Wildman–Crippen LogP) is 2.25. The third-order valence-corrected chi connectivity index (χ3v) is 12.1. The number of aliphatic carboxylic acids is 1. The number of piperazine rings is 2. The zero-order chi connectivity index (χ0) is 42.1. The standard InChI is InChI=1S/C21H22Cl2N4O3.C20H20Cl2N4O3.Li.2H2O/c1-30-21(29)16-9-15(16)20(28)26-6-7-27(19-17(24)8-14(23)10-25-19)18(11-26)12-2-4-13(22)5-3-12;21-12-3-1-11(2-4-12)17-10-25(19(27)14-8-15(14)20(28)29)5-6-26(17)18-16(23)7-13(22)9-24-18;;;/h2-5,8,10,15-16,18H,6-7,9,11,24H2,1H3;1-4,7,9,14-15,17H,5-6,8,10,23H2,(H,28,29);;2*1H2/q;;+1;;/p-1/t15?,16-,18?;14?,15-,17?;;;/m00.../s1. The number of pyridine rings is 2. The number of ether oxygens (including phenoxy) is 1. The molecule has 4 fully saturated rings. The number of carbonyl (C=O) groups is 4. The number of methoxy groups -OCH3 is 1. The van der Waals surface area contributed by atoms with Crippen LogP contribution in [0.5, 0.6) is 0 Å². The summed E-state index contributed by atoms with van der Waals surface area (Å²) < 4.78 is 4.78. The molecule has 2 aliphatic carbocycles. The van der Waals surface area contributed by atoms with Crippen molar-refractivity contribution >= 4 is 93.2 Å². The Morgan fingerprint density at radius 1 is 0.645 bits per heavy atom. The van der Waals surface area contributed by atoms with Crippen LogP contribution in [-0.2, 0) is 23.9 Å². The summed E-state index contributed by atoms with van der Waals surface area (Å²) in [5.41, 5.74) is 15.3. The van der Waals surface area contributed by atoms with E-state index in [4.69, 9.17) is 67.7 Å². The molecular formula is C41H45Cl4LiN8O8. The molecule has 2 aromatic heterocycles. The van der Waals surface area contributed by atoms with Gasteiger partial charge < -0.3 is 51.9 Å². The minimum Gasteiger partial charge on any atom is -0.870 e. The van der Waals surface area contributed by atoms with E-state index in [0.29, 0.717) is 95.2 Å². The van der Waals surface area contributed by atoms with E-state index in [-0.39, 0.29) is 71.5 Å². The number of hydrogen-bond donors (Lipinski definition) is 3. The van der Waals surface area contributed by atoms with E-state index in [1.165, 1.54) is 7.11 Å². The molecule has 4 unspecified atom stereocenters. The number of nitrogens with zero attached hydrogens (tertiary/aromatic N) is 6. The average Bonchev–Trinajstić information content (AvgIpc) is 4.16. The van der Waals surface area contributed by atoms with Crippen molar-refractivity contribution in [2.45, 2.75) is 24.9 Å². The number of aromatic nitrogens is 2. The molecule has 2 saturated carbocycles. The van der Waals surface area contributed by atoms with E-state index in [1.54, 1.807) is 41.6 Å². The van der Waals surface area contributed by atoms with E-state index in [2.05, 4.69) is 19.8 Å². The monoisotopic (exact) mass is 924 g/mol. The molecule has 21 heteroatoms. The van der Waals surface area contributed by atoms with Gasteiger partial charge in [0.05, 0.1) is 64.3 Å². The fourth-order valence-corrected chi connectivity index (χ4v) is 8.46. The van der Waals surface area contributed by atoms with Crippen LogP contribution in [0.4, 0.5) is 23.0 Å². The van der Waals surface area contributed by atoms with Crippen molar-refractivity contribution in [2.75, 3.05) is 67.6 Å². The molecule has 0 bridgehead atoms. The molecule has 4 aliphatic rings. The SMILES string of the molecule is COC(=O)[C@H]1CC1C(=O)N1CCN(c2ncc(Cl)cc2N)C(c2ccc(Cl)cc2)C1.Nc1cc(Cl)cnc1N1CCN(C(=O)C2C[C@@H]2C(=O)O)CC1c1ccc(Cl)cc1.O.[Li+].[OH-]. The number of carboxylic acid groups (broad SMARTS) is 1. The molecule has 2 aliphatic heterocycles. The molecule has 2 amide bonds. The first-order chi connectivity index (χ1) is 28.2. The third kappa shape index (κ3) is 11.2. The van der Waals surface area contributed by atoms with Gasteiger partial charge in [0.25, 0.3) is 0 Å². The minimum atomic E-state index is -0.908. The van der Waals surface area contributed by atoms with Gasteiger partial charge in [-0.05, 0) is 60.4 Å². The van der Waals surface area contributed by atoms with Crippen LogP contribution in [0.3, 0.4) is 0 Å². The van der Waals surface area contributed by atoms with Gasteiger partial charge >= 0.3 is 30.8 Å². The van der Waals surface area contributed by atoms with E-state index >= 15 is 0 Å². The van der Waals surface area contributed by atoms with E-state index < -0.39 is 17.8 Å². The van der Waals surface area contributed by atoms with Crippen LogP contribution in [0.1, 0.15) is 36.1 Å². The smallest absolute Gasteiger partial charge is 0.870 e. The normalized spacial score (nSPS) is 22.3. The van der Waals surface area contributed by atoms with Crippen LogP contribution in [0.15, 0.2) is 73.1 Å². The van der Waals surface area contributed by atoms with Crippen LogP contribution in [0.2, 0.25) is 20.1 Å². The van der Waals surface area contributed by atoms with E-state index in [1.807, 2.05) is 41.3 Å². The van der Waals surface area contributed by atoms with Gasteiger partial charge in [-0.25, -0.2) is 9.97 Å². The van der Waals surface area contributed by atoms with Crippen LogP contribution in [0.25, 0.3) is 0 Å². The summed E-state index contributed by atoms with van der Waals surface area (Å²) in [5, 5.41) is 11.3. The Bertz CT molecular complexity index is 2250. The number of esters is 1. The maximum absolute atomic E-state index is 13.0. The van der Waals surface area contributed by atoms with Gasteiger partial charge in [-0.3, -0.25) is 19.2 Å². The number of anilines is 4. The van der Waals surface area contributed by atoms with Crippen molar-refractivity contribution in [2.24, 2.45) is 23.7 Å². The zero-order valence-electron chi connectivity index (χ0n) is 33.8. The molecule has 62 heavy (non-hydrogen) atoms. The summed E-state index contributed by atoms with van der Waals surface area (Å²) >= 11 is 24.1. The van der Waals surface area contributed by atoms with Crippen LogP contribution in [-0.4, -0.2) is 106 Å². The Labute approximate surface area is 390 Å². The first-order valence-electron chi connectivity index (χ1n) is 19.0. The van der Waals surface area contributed by atoms with Gasteiger partial charge in [0, 0.05) is 61.7 Å². The molecule has 326 valence electrons. The van der Waals surface area contributed by atoms with Gasteiger partial charge in [-0.1, -0.05) is 70.7 Å². The number of hydrogen-bond acceptors (Lipinski definition) is 12. The second-order valence-corrected chi connectivity index (χ2v) is 16.7. The molecule has 8 N–H and O–H groups in total. The summed E-state index contributed by atoms with van der Waals surface area (Å²) in [4.78, 5) is 65.3. The molecule has 6 atom stereocenters. The Morgan fingerprint density at radius 2 is 1.03 bits per heavy atom. The number of rotatable bonds is 8. The molecule has 4 aromatic rings. The molecule has 2 aromatic carbocycles. The number of nitrogens with two attached hydrogens (primary N) is 2. The quantitative estimate of drug-likeness (QED) is 0.170. The third-order valence-electron chi connectivity index (χ3n) is 11.2. The van der Waals surface area contributed by atoms with Crippen molar-refractivity contribution in [3.05, 3.63) is 104 Å². The Balaban J connectivity index is 0.000000260. The summed E-state index contributed by atoms with van der Waals surface area (Å²) in [7, 11) is 1.35. The molecule has 16 nitrogen and oxygen atoms in total. The van der Waals surface area contributed by atoms with Crippen molar-refractivity contribution in [1.82, 2.24) is 19.8 Å². The number of amides is 2. The maximum Gasteiger partial charge on any atom is 1.00 e. The van der Waals surface area contributed by atoms with Gasteiger partial charge in [0.15, 0.2) is 11.6 Å². The van der Waals surface area contributed by atoms with Crippen LogP contribution >= 0.6 is 46.4 Å². The second-order valence-electron chi connectivity index (χ2n) is 15.0. The van der Waals surface area contributed by atoms with Crippen molar-refractivity contribution in [3.8, 4) is 0 Å². The maximum atomic E-state index is 13.0. The summed E-state index contributed by atoms with van der Waals surface area (Å²) in [6.45, 7) is 2.91. The number of carbonyl (C=O) groups excluding carboxylic acids is 3. The van der Waals surface area contributed by atoms with Gasteiger partial charge in [-0.15, -0.1) is 0 Å². The Morgan fingerprint density at radius 3 is 1.39 bits per heavy atom. The second kappa shape index (κ2) is 21.2.